The molecule has 1 heterocycles. The summed E-state index contributed by atoms with van der Waals surface area (Å²) in [5.41, 5.74) is 2.76. The number of thiazole rings is 1. The molecule has 0 aliphatic carbocycles. The Balaban J connectivity index is 1.84. The lowest BCUT2D eigenvalue weighted by molar-refractivity contribution is -0.384. The van der Waals surface area contributed by atoms with Crippen LogP contribution in [0.15, 0.2) is 72.1 Å². The number of hydrogen-bond donors (Lipinski definition) is 0. The molecular formula is C20H13N3O2S. The Morgan fingerprint density at radius 2 is 2.00 bits per heavy atom. The lowest BCUT2D eigenvalue weighted by Crippen LogP contribution is -1.88. The van der Waals surface area contributed by atoms with E-state index in [0.29, 0.717) is 21.8 Å². The van der Waals surface area contributed by atoms with Gasteiger partial charge in [-0.1, -0.05) is 54.6 Å². The van der Waals surface area contributed by atoms with Crippen molar-refractivity contribution >= 4 is 28.7 Å². The molecule has 0 radical (unpaired) electrons. The van der Waals surface area contributed by atoms with Crippen LogP contribution in [0.3, 0.4) is 0 Å². The van der Waals surface area contributed by atoms with Crippen LogP contribution in [-0.4, -0.2) is 9.91 Å². The first-order valence-electron chi connectivity index (χ1n) is 7.71. The topological polar surface area (TPSA) is 79.8 Å². The number of non-ortho nitro benzene ring substituents is 1. The largest absolute Gasteiger partial charge is 0.270 e. The quantitative estimate of drug-likeness (QED) is 0.266. The Hall–Kier alpha value is -3.56. The fourth-order valence-electron chi connectivity index (χ4n) is 2.28. The van der Waals surface area contributed by atoms with Gasteiger partial charge >= 0.3 is 0 Å². The summed E-state index contributed by atoms with van der Waals surface area (Å²) < 4.78 is 0. The maximum absolute atomic E-state index is 10.9. The van der Waals surface area contributed by atoms with Crippen molar-refractivity contribution in [1.29, 1.82) is 5.26 Å². The number of nitro groups is 1. The van der Waals surface area contributed by atoms with E-state index in [9.17, 15) is 15.4 Å². The lowest BCUT2D eigenvalue weighted by atomic mass is 10.1. The molecule has 1 aromatic heterocycles. The Kier molecular flexibility index (Phi) is 5.32. The van der Waals surface area contributed by atoms with Crippen molar-refractivity contribution in [2.75, 3.05) is 0 Å². The molecule has 0 aliphatic rings. The van der Waals surface area contributed by atoms with Gasteiger partial charge < -0.3 is 0 Å². The summed E-state index contributed by atoms with van der Waals surface area (Å²) in [5, 5.41) is 22.7. The van der Waals surface area contributed by atoms with Crippen LogP contribution < -0.4 is 0 Å². The maximum Gasteiger partial charge on any atom is 0.270 e. The summed E-state index contributed by atoms with van der Waals surface area (Å²) in [4.78, 5) is 14.9. The molecule has 0 amide bonds. The summed E-state index contributed by atoms with van der Waals surface area (Å²) in [6, 6.07) is 18.2. The first-order valence-corrected chi connectivity index (χ1v) is 8.59. The number of nitriles is 1. The fraction of sp³-hybridized carbons (Fsp3) is 0. The van der Waals surface area contributed by atoms with Gasteiger partial charge in [-0.25, -0.2) is 4.98 Å². The number of nitro benzene ring substituents is 1. The zero-order valence-electron chi connectivity index (χ0n) is 13.6. The van der Waals surface area contributed by atoms with Crippen LogP contribution in [0, 0.1) is 21.4 Å². The van der Waals surface area contributed by atoms with Gasteiger partial charge in [0.1, 0.15) is 11.1 Å². The normalized spacial score (nSPS) is 11.4. The van der Waals surface area contributed by atoms with Gasteiger partial charge in [0.15, 0.2) is 0 Å². The minimum absolute atomic E-state index is 0.0129. The van der Waals surface area contributed by atoms with Gasteiger partial charge in [-0.05, 0) is 11.6 Å². The molecule has 0 N–H and O–H groups in total. The average molecular weight is 359 g/mol. The molecule has 0 bridgehead atoms. The Morgan fingerprint density at radius 3 is 2.73 bits per heavy atom. The molecule has 3 aromatic rings. The van der Waals surface area contributed by atoms with E-state index >= 15 is 0 Å². The number of allylic oxidation sites excluding steroid dienone is 3. The van der Waals surface area contributed by atoms with Gasteiger partial charge in [0, 0.05) is 23.1 Å². The van der Waals surface area contributed by atoms with Crippen LogP contribution in [0.5, 0.6) is 0 Å². The van der Waals surface area contributed by atoms with Crippen molar-refractivity contribution in [1.82, 2.24) is 4.98 Å². The average Bonchev–Trinajstić information content (AvgIpc) is 3.16. The summed E-state index contributed by atoms with van der Waals surface area (Å²) in [6.45, 7) is 0. The highest BCUT2D eigenvalue weighted by Gasteiger charge is 2.11. The fourth-order valence-corrected chi connectivity index (χ4v) is 3.09. The van der Waals surface area contributed by atoms with E-state index in [-0.39, 0.29) is 5.69 Å². The van der Waals surface area contributed by atoms with Crippen molar-refractivity contribution in [3.8, 4) is 17.3 Å². The molecular weight excluding hydrogens is 346 g/mol. The Labute approximate surface area is 154 Å². The van der Waals surface area contributed by atoms with Gasteiger partial charge in [0.25, 0.3) is 5.69 Å². The van der Waals surface area contributed by atoms with Crippen LogP contribution in [0.4, 0.5) is 5.69 Å². The predicted molar refractivity (Wildman–Crippen MR) is 103 cm³/mol. The van der Waals surface area contributed by atoms with Crippen molar-refractivity contribution < 1.29 is 4.92 Å². The van der Waals surface area contributed by atoms with E-state index in [4.69, 9.17) is 0 Å². The molecule has 0 atom stereocenters. The molecule has 26 heavy (non-hydrogen) atoms. The van der Waals surface area contributed by atoms with Gasteiger partial charge in [-0.15, -0.1) is 11.3 Å². The minimum Gasteiger partial charge on any atom is -0.258 e. The van der Waals surface area contributed by atoms with Gasteiger partial charge in [0.2, 0.25) is 0 Å². The van der Waals surface area contributed by atoms with E-state index in [1.54, 1.807) is 23.6 Å². The van der Waals surface area contributed by atoms with E-state index in [0.717, 1.165) is 5.56 Å². The second-order valence-electron chi connectivity index (χ2n) is 5.31. The van der Waals surface area contributed by atoms with Gasteiger partial charge in [-0.2, -0.15) is 5.26 Å². The summed E-state index contributed by atoms with van der Waals surface area (Å²) >= 11 is 1.33. The summed E-state index contributed by atoms with van der Waals surface area (Å²) in [6.07, 6.45) is 5.43. The molecule has 2 aromatic carbocycles. The molecule has 0 unspecified atom stereocenters. The molecule has 6 heteroatoms. The molecule has 126 valence electrons. The van der Waals surface area contributed by atoms with E-state index in [1.807, 2.05) is 42.5 Å². The van der Waals surface area contributed by atoms with Crippen molar-refractivity contribution in [2.24, 2.45) is 0 Å². The monoisotopic (exact) mass is 359 g/mol. The number of benzene rings is 2. The first-order chi connectivity index (χ1) is 12.7. The molecule has 0 saturated heterocycles. The van der Waals surface area contributed by atoms with Crippen LogP contribution in [0.1, 0.15) is 10.6 Å². The molecule has 0 fully saturated rings. The standard InChI is InChI=1S/C20H13N3O2S/c21-13-17(10-4-8-15-6-2-1-3-7-15)20-22-19(14-26-20)16-9-5-11-18(12-16)23(24)25/h1-12,14H/b8-4+,17-10+. The third kappa shape index (κ3) is 4.09. The van der Waals surface area contributed by atoms with Crippen LogP contribution in [-0.2, 0) is 0 Å². The van der Waals surface area contributed by atoms with E-state index in [2.05, 4.69) is 11.1 Å². The van der Waals surface area contributed by atoms with Crippen molar-refractivity contribution in [2.45, 2.75) is 0 Å². The second kappa shape index (κ2) is 8.01. The van der Waals surface area contributed by atoms with Crippen LogP contribution in [0.2, 0.25) is 0 Å². The highest BCUT2D eigenvalue weighted by Crippen LogP contribution is 2.28. The molecule has 0 saturated carbocycles. The summed E-state index contributed by atoms with van der Waals surface area (Å²) in [7, 11) is 0. The number of rotatable bonds is 5. The molecule has 0 spiro atoms. The van der Waals surface area contributed by atoms with Crippen LogP contribution in [0.25, 0.3) is 22.9 Å². The van der Waals surface area contributed by atoms with Crippen molar-refractivity contribution in [3.63, 3.8) is 0 Å². The number of hydrogen-bond acceptors (Lipinski definition) is 5. The predicted octanol–water partition coefficient (Wildman–Crippen LogP) is 5.34. The second-order valence-corrected chi connectivity index (χ2v) is 6.17. The van der Waals surface area contributed by atoms with Crippen LogP contribution >= 0.6 is 11.3 Å². The Morgan fingerprint density at radius 1 is 1.19 bits per heavy atom. The Bertz CT molecular complexity index is 1030. The zero-order chi connectivity index (χ0) is 18.4. The number of nitrogens with zero attached hydrogens (tertiary/aromatic N) is 3. The van der Waals surface area contributed by atoms with Gasteiger partial charge in [0.05, 0.1) is 16.2 Å². The maximum atomic E-state index is 10.9. The lowest BCUT2D eigenvalue weighted by Gasteiger charge is -1.96. The zero-order valence-corrected chi connectivity index (χ0v) is 14.4. The minimum atomic E-state index is -0.439. The van der Waals surface area contributed by atoms with E-state index < -0.39 is 4.92 Å². The molecule has 0 aliphatic heterocycles. The highest BCUT2D eigenvalue weighted by atomic mass is 32.1. The molecule has 3 rings (SSSR count). The number of aromatic nitrogens is 1. The van der Waals surface area contributed by atoms with Gasteiger partial charge in [-0.3, -0.25) is 10.1 Å². The molecule has 5 nitrogen and oxygen atoms in total. The smallest absolute Gasteiger partial charge is 0.258 e. The van der Waals surface area contributed by atoms with E-state index in [1.165, 1.54) is 23.5 Å². The first kappa shape index (κ1) is 17.3. The summed E-state index contributed by atoms with van der Waals surface area (Å²) in [5.74, 6) is 0. The third-order valence-corrected chi connectivity index (χ3v) is 4.43. The third-order valence-electron chi connectivity index (χ3n) is 3.56. The highest BCUT2D eigenvalue weighted by molar-refractivity contribution is 7.11. The SMILES string of the molecule is N#C/C(=C\C=C\c1ccccc1)c1nc(-c2cccc([N+](=O)[O-])c2)cs1. The van der Waals surface area contributed by atoms with Crippen molar-refractivity contribution in [3.05, 3.63) is 92.8 Å².